The normalized spacial score (nSPS) is 17.9. The molecule has 108 valence electrons. The monoisotopic (exact) mass is 335 g/mol. The molecule has 0 amide bonds. The van der Waals surface area contributed by atoms with E-state index in [1.165, 1.54) is 0 Å². The fourth-order valence-electron chi connectivity index (χ4n) is 2.31. The quantitative estimate of drug-likeness (QED) is 0.783. The lowest BCUT2D eigenvalue weighted by Gasteiger charge is -2.29. The van der Waals surface area contributed by atoms with Crippen molar-refractivity contribution in [2.75, 3.05) is 17.9 Å². The number of H-pyrrole nitrogens is 1. The topological polar surface area (TPSA) is 85.4 Å². The summed E-state index contributed by atoms with van der Waals surface area (Å²) in [6.45, 7) is -0.0754. The molecule has 0 radical (unpaired) electrons. The summed E-state index contributed by atoms with van der Waals surface area (Å²) in [6, 6.07) is 1.69. The van der Waals surface area contributed by atoms with Crippen molar-refractivity contribution >= 4 is 50.0 Å². The summed E-state index contributed by atoms with van der Waals surface area (Å²) in [5.41, 5.74) is 1.74. The molecule has 3 rings (SSSR count). The van der Waals surface area contributed by atoms with Gasteiger partial charge in [-0.3, -0.25) is 4.72 Å². The van der Waals surface area contributed by atoms with Crippen LogP contribution in [0.15, 0.2) is 12.3 Å². The molecule has 6 nitrogen and oxygen atoms in total. The fourth-order valence-corrected chi connectivity index (χ4v) is 4.19. The Kier molecular flexibility index (Phi) is 3.34. The summed E-state index contributed by atoms with van der Waals surface area (Å²) >= 11 is 12.2. The number of β-amino-alcohol motifs (C(OH)–C–C–N with tert-alkyl or cyclic N) is 1. The number of aliphatic hydroxyl groups excluding tert-OH is 1. The molecule has 0 saturated carbocycles. The number of nitrogens with one attached hydrogen (secondary N) is 2. The number of rotatable bonds is 2. The van der Waals surface area contributed by atoms with Crippen LogP contribution >= 0.6 is 23.2 Å². The molecule has 1 aromatic carbocycles. The van der Waals surface area contributed by atoms with Gasteiger partial charge in [-0.05, 0) is 11.6 Å². The van der Waals surface area contributed by atoms with Gasteiger partial charge < -0.3 is 10.1 Å². The molecule has 1 aromatic heterocycles. The highest BCUT2D eigenvalue weighted by molar-refractivity contribution is 7.90. The van der Waals surface area contributed by atoms with Gasteiger partial charge in [-0.25, -0.2) is 0 Å². The average Bonchev–Trinajstić information content (AvgIpc) is 2.75. The molecule has 20 heavy (non-hydrogen) atoms. The van der Waals surface area contributed by atoms with Gasteiger partial charge in [0.1, 0.15) is 0 Å². The minimum Gasteiger partial charge on any atom is -0.395 e. The third kappa shape index (κ3) is 2.06. The van der Waals surface area contributed by atoms with Crippen LogP contribution in [0.2, 0.25) is 10.0 Å². The second kappa shape index (κ2) is 4.78. The lowest BCUT2D eigenvalue weighted by atomic mass is 10.1. The largest absolute Gasteiger partial charge is 0.395 e. The minimum absolute atomic E-state index is 0.0237. The number of aromatic amines is 1. The summed E-state index contributed by atoms with van der Waals surface area (Å²) in [4.78, 5) is 2.93. The fraction of sp³-hybridized carbons (Fsp3) is 0.273. The van der Waals surface area contributed by atoms with Crippen LogP contribution in [0.1, 0.15) is 5.56 Å². The number of anilines is 1. The van der Waals surface area contributed by atoms with Gasteiger partial charge >= 0.3 is 10.2 Å². The van der Waals surface area contributed by atoms with E-state index in [9.17, 15) is 8.42 Å². The van der Waals surface area contributed by atoms with E-state index in [-0.39, 0.29) is 19.7 Å². The van der Waals surface area contributed by atoms with E-state index in [0.29, 0.717) is 26.6 Å². The van der Waals surface area contributed by atoms with E-state index in [0.717, 1.165) is 9.87 Å². The van der Waals surface area contributed by atoms with Crippen molar-refractivity contribution in [3.63, 3.8) is 0 Å². The maximum Gasteiger partial charge on any atom is 0.302 e. The Morgan fingerprint density at radius 3 is 2.80 bits per heavy atom. The van der Waals surface area contributed by atoms with Gasteiger partial charge in [-0.2, -0.15) is 12.7 Å². The van der Waals surface area contributed by atoms with Crippen LogP contribution in [0.5, 0.6) is 0 Å². The molecule has 2 heterocycles. The standard InChI is InChI=1S/C11H11Cl2N3O3S/c12-7-3-6-5-16(1-2-17)20(18,19)15-10(6)11-9(7)8(13)4-14-11/h3-4,14-15,17H,1-2,5H2. The van der Waals surface area contributed by atoms with E-state index in [1.807, 2.05) is 0 Å². The highest BCUT2D eigenvalue weighted by atomic mass is 35.5. The van der Waals surface area contributed by atoms with Gasteiger partial charge in [0.2, 0.25) is 0 Å². The summed E-state index contributed by atoms with van der Waals surface area (Å²) < 4.78 is 27.8. The first-order chi connectivity index (χ1) is 9.44. The van der Waals surface area contributed by atoms with Gasteiger partial charge in [0.05, 0.1) is 27.9 Å². The van der Waals surface area contributed by atoms with Crippen molar-refractivity contribution in [3.8, 4) is 0 Å². The van der Waals surface area contributed by atoms with E-state index >= 15 is 0 Å². The molecular weight excluding hydrogens is 325 g/mol. The van der Waals surface area contributed by atoms with Crippen molar-refractivity contribution in [2.45, 2.75) is 6.54 Å². The summed E-state index contributed by atoms with van der Waals surface area (Å²) in [5, 5.41) is 10.4. The Morgan fingerprint density at radius 1 is 1.35 bits per heavy atom. The highest BCUT2D eigenvalue weighted by Crippen LogP contribution is 2.40. The van der Waals surface area contributed by atoms with Crippen molar-refractivity contribution < 1.29 is 13.5 Å². The number of nitrogens with zero attached hydrogens (tertiary/aromatic N) is 1. The third-order valence-electron chi connectivity index (χ3n) is 3.21. The summed E-state index contributed by atoms with van der Waals surface area (Å²) in [5.74, 6) is 0. The zero-order valence-electron chi connectivity index (χ0n) is 10.2. The molecule has 9 heteroatoms. The Bertz CT molecular complexity index is 788. The number of hydrogen-bond donors (Lipinski definition) is 3. The zero-order chi connectivity index (χ0) is 14.5. The Balaban J connectivity index is 2.22. The lowest BCUT2D eigenvalue weighted by Crippen LogP contribution is -2.41. The van der Waals surface area contributed by atoms with Crippen LogP contribution < -0.4 is 4.72 Å². The molecule has 3 N–H and O–H groups in total. The molecule has 0 atom stereocenters. The van der Waals surface area contributed by atoms with E-state index in [1.54, 1.807) is 12.3 Å². The van der Waals surface area contributed by atoms with Gasteiger partial charge in [0, 0.05) is 24.7 Å². The van der Waals surface area contributed by atoms with Crippen molar-refractivity contribution in [1.29, 1.82) is 0 Å². The zero-order valence-corrected chi connectivity index (χ0v) is 12.5. The third-order valence-corrected chi connectivity index (χ3v) is 5.26. The maximum atomic E-state index is 12.1. The summed E-state index contributed by atoms with van der Waals surface area (Å²) in [6.07, 6.45) is 1.56. The van der Waals surface area contributed by atoms with E-state index in [4.69, 9.17) is 28.3 Å². The predicted molar refractivity (Wildman–Crippen MR) is 78.4 cm³/mol. The first-order valence-corrected chi connectivity index (χ1v) is 8.00. The van der Waals surface area contributed by atoms with Crippen molar-refractivity contribution in [1.82, 2.24) is 9.29 Å². The van der Waals surface area contributed by atoms with Crippen LogP contribution in [0.3, 0.4) is 0 Å². The molecule has 0 saturated heterocycles. The minimum atomic E-state index is -3.68. The lowest BCUT2D eigenvalue weighted by molar-refractivity contribution is 0.251. The van der Waals surface area contributed by atoms with Gasteiger partial charge in [-0.15, -0.1) is 0 Å². The average molecular weight is 336 g/mol. The Morgan fingerprint density at radius 2 is 2.10 bits per heavy atom. The smallest absolute Gasteiger partial charge is 0.302 e. The second-order valence-corrected chi connectivity index (χ2v) is 6.93. The first kappa shape index (κ1) is 14.0. The second-order valence-electron chi connectivity index (χ2n) is 4.44. The van der Waals surface area contributed by atoms with Crippen molar-refractivity contribution in [3.05, 3.63) is 27.9 Å². The molecule has 0 unspecified atom stereocenters. The van der Waals surface area contributed by atoms with Gasteiger partial charge in [0.15, 0.2) is 0 Å². The number of aromatic nitrogens is 1. The number of hydrogen-bond acceptors (Lipinski definition) is 3. The predicted octanol–water partition coefficient (Wildman–Crippen LogP) is 1.94. The molecular formula is C11H11Cl2N3O3S. The Labute approximate surface area is 125 Å². The number of aliphatic hydroxyl groups is 1. The SMILES string of the molecule is O=S1(=O)Nc2c(cc(Cl)c3c(Cl)c[nH]c23)CN1CCO. The van der Waals surface area contributed by atoms with Gasteiger partial charge in [-0.1, -0.05) is 23.2 Å². The van der Waals surface area contributed by atoms with Crippen LogP contribution in [0.4, 0.5) is 5.69 Å². The number of fused-ring (bicyclic) bond motifs is 3. The molecule has 0 aliphatic carbocycles. The van der Waals surface area contributed by atoms with Gasteiger partial charge in [0.25, 0.3) is 0 Å². The molecule has 0 fully saturated rings. The van der Waals surface area contributed by atoms with Crippen molar-refractivity contribution in [2.24, 2.45) is 0 Å². The van der Waals surface area contributed by atoms with Crippen LogP contribution in [0.25, 0.3) is 10.9 Å². The van der Waals surface area contributed by atoms with Crippen LogP contribution in [0, 0.1) is 0 Å². The molecule has 0 bridgehead atoms. The first-order valence-electron chi connectivity index (χ1n) is 5.80. The maximum absolute atomic E-state index is 12.1. The molecule has 0 spiro atoms. The summed E-state index contributed by atoms with van der Waals surface area (Å²) in [7, 11) is -3.68. The van der Waals surface area contributed by atoms with Crippen LogP contribution in [-0.2, 0) is 16.8 Å². The van der Waals surface area contributed by atoms with Crippen LogP contribution in [-0.4, -0.2) is 36.0 Å². The highest BCUT2D eigenvalue weighted by Gasteiger charge is 2.31. The molecule has 1 aliphatic rings. The number of halogens is 2. The number of benzene rings is 1. The Hall–Kier alpha value is -0.990. The van der Waals surface area contributed by atoms with E-state index < -0.39 is 10.2 Å². The van der Waals surface area contributed by atoms with E-state index in [2.05, 4.69) is 9.71 Å². The molecule has 2 aromatic rings. The molecule has 1 aliphatic heterocycles.